The van der Waals surface area contributed by atoms with Gasteiger partial charge >= 0.3 is 11.9 Å². The first kappa shape index (κ1) is 26.2. The monoisotopic (exact) mass is 546 g/mol. The van der Waals surface area contributed by atoms with E-state index in [0.29, 0.717) is 12.2 Å². The Bertz CT molecular complexity index is 1780. The van der Waals surface area contributed by atoms with Crippen LogP contribution in [0.4, 0.5) is 11.4 Å². The number of carboxylic acid groups (broad SMARTS) is 1. The second kappa shape index (κ2) is 10.2. The number of carbonyl (C=O) groups excluding carboxylic acids is 1. The summed E-state index contributed by atoms with van der Waals surface area (Å²) in [5.41, 5.74) is 3.75. The van der Waals surface area contributed by atoms with Gasteiger partial charge in [-0.2, -0.15) is 0 Å². The van der Waals surface area contributed by atoms with Gasteiger partial charge < -0.3 is 19.1 Å². The van der Waals surface area contributed by atoms with Gasteiger partial charge in [0.05, 0.1) is 23.3 Å². The predicted molar refractivity (Wildman–Crippen MR) is 158 cm³/mol. The molecule has 0 bridgehead atoms. The molecule has 1 atom stereocenters. The third kappa shape index (κ3) is 4.04. The quantitative estimate of drug-likeness (QED) is 0.206. The lowest BCUT2D eigenvalue weighted by Gasteiger charge is -2.42. The molecule has 0 aliphatic carbocycles. The Labute approximate surface area is 238 Å². The number of cyclic esters (lactones) is 1. The molecule has 7 heteroatoms. The Balaban J connectivity index is 1.75. The highest BCUT2D eigenvalue weighted by molar-refractivity contribution is 6.01. The summed E-state index contributed by atoms with van der Waals surface area (Å²) >= 11 is 0. The number of aromatic carboxylic acids is 1. The zero-order valence-electron chi connectivity index (χ0n) is 23.1. The molecule has 4 aromatic carbocycles. The van der Waals surface area contributed by atoms with E-state index in [-0.39, 0.29) is 11.1 Å². The van der Waals surface area contributed by atoms with Crippen molar-refractivity contribution in [2.75, 3.05) is 11.5 Å². The van der Waals surface area contributed by atoms with Gasteiger partial charge in [-0.1, -0.05) is 42.5 Å². The largest absolute Gasteiger partial charge is 0.494 e. The SMILES string of the molecule is CCOc1ccc(N(c2ccccc2)C2(c3c(C)n(CC)c4ccccc34)OC(=O)c3cc(C(=O)O)ccc32)cc1. The summed E-state index contributed by atoms with van der Waals surface area (Å²) in [6, 6.07) is 30.2. The molecule has 206 valence electrons. The molecule has 7 nitrogen and oxygen atoms in total. The number of carbonyl (C=O) groups is 2. The highest BCUT2D eigenvalue weighted by atomic mass is 16.6. The van der Waals surface area contributed by atoms with E-state index in [1.807, 2.05) is 91.5 Å². The van der Waals surface area contributed by atoms with E-state index in [1.165, 1.54) is 12.1 Å². The Hall–Kier alpha value is -5.04. The van der Waals surface area contributed by atoms with Crippen molar-refractivity contribution < 1.29 is 24.2 Å². The third-order valence-corrected chi connectivity index (χ3v) is 7.71. The van der Waals surface area contributed by atoms with Crippen LogP contribution in [-0.2, 0) is 17.0 Å². The molecule has 0 radical (unpaired) electrons. The van der Waals surface area contributed by atoms with Gasteiger partial charge in [-0.15, -0.1) is 0 Å². The fourth-order valence-corrected chi connectivity index (χ4v) is 6.06. The maximum absolute atomic E-state index is 13.8. The summed E-state index contributed by atoms with van der Waals surface area (Å²) in [6.07, 6.45) is 0. The average molecular weight is 547 g/mol. The van der Waals surface area contributed by atoms with E-state index < -0.39 is 17.7 Å². The van der Waals surface area contributed by atoms with E-state index in [4.69, 9.17) is 9.47 Å². The van der Waals surface area contributed by atoms with Gasteiger partial charge in [-0.05, 0) is 75.4 Å². The van der Waals surface area contributed by atoms with Crippen LogP contribution >= 0.6 is 0 Å². The van der Waals surface area contributed by atoms with Crippen molar-refractivity contribution in [2.45, 2.75) is 33.0 Å². The molecular formula is C34H30N2O5. The van der Waals surface area contributed by atoms with Crippen LogP contribution in [0, 0.1) is 6.92 Å². The number of hydrogen-bond donors (Lipinski definition) is 1. The number of ether oxygens (including phenoxy) is 2. The number of aromatic nitrogens is 1. The highest BCUT2D eigenvalue weighted by Crippen LogP contribution is 2.53. The molecule has 6 rings (SSSR count). The van der Waals surface area contributed by atoms with Gasteiger partial charge in [-0.25, -0.2) is 9.59 Å². The number of carboxylic acids is 1. The van der Waals surface area contributed by atoms with Gasteiger partial charge in [0, 0.05) is 40.1 Å². The lowest BCUT2D eigenvalue weighted by Crippen LogP contribution is -2.45. The maximum Gasteiger partial charge on any atom is 0.341 e. The van der Waals surface area contributed by atoms with Crippen LogP contribution < -0.4 is 9.64 Å². The van der Waals surface area contributed by atoms with Gasteiger partial charge in [0.1, 0.15) is 5.75 Å². The molecule has 5 aromatic rings. The molecule has 0 fully saturated rings. The number of benzene rings is 4. The zero-order chi connectivity index (χ0) is 28.7. The number of aryl methyl sites for hydroxylation is 1. The molecule has 41 heavy (non-hydrogen) atoms. The van der Waals surface area contributed by atoms with Gasteiger partial charge in [-0.3, -0.25) is 4.90 Å². The number of para-hydroxylation sites is 2. The van der Waals surface area contributed by atoms with Crippen LogP contribution in [0.1, 0.15) is 51.4 Å². The lowest BCUT2D eigenvalue weighted by molar-refractivity contribution is 0.0136. The molecule has 0 spiro atoms. The average Bonchev–Trinajstić information content (AvgIpc) is 3.44. The Morgan fingerprint density at radius 2 is 1.61 bits per heavy atom. The highest BCUT2D eigenvalue weighted by Gasteiger charge is 2.55. The smallest absolute Gasteiger partial charge is 0.341 e. The fraction of sp³-hybridized carbons (Fsp3) is 0.176. The minimum absolute atomic E-state index is 0.0246. The summed E-state index contributed by atoms with van der Waals surface area (Å²) < 4.78 is 14.5. The van der Waals surface area contributed by atoms with E-state index in [2.05, 4.69) is 17.6 Å². The van der Waals surface area contributed by atoms with Crippen LogP contribution in [-0.4, -0.2) is 28.2 Å². The van der Waals surface area contributed by atoms with Gasteiger partial charge in [0.25, 0.3) is 0 Å². The van der Waals surface area contributed by atoms with Gasteiger partial charge in [0.15, 0.2) is 0 Å². The fourth-order valence-electron chi connectivity index (χ4n) is 6.06. The summed E-state index contributed by atoms with van der Waals surface area (Å²) in [5, 5.41) is 10.7. The van der Waals surface area contributed by atoms with Crippen LogP contribution in [0.5, 0.6) is 5.75 Å². The number of nitrogens with zero attached hydrogens (tertiary/aromatic N) is 2. The van der Waals surface area contributed by atoms with Crippen molar-refractivity contribution >= 4 is 34.2 Å². The summed E-state index contributed by atoms with van der Waals surface area (Å²) in [6.45, 7) is 7.32. The maximum atomic E-state index is 13.8. The van der Waals surface area contributed by atoms with E-state index in [1.54, 1.807) is 6.07 Å². The Morgan fingerprint density at radius 3 is 2.29 bits per heavy atom. The van der Waals surface area contributed by atoms with Crippen LogP contribution in [0.3, 0.4) is 0 Å². The topological polar surface area (TPSA) is 81.0 Å². The number of fused-ring (bicyclic) bond motifs is 2. The standard InChI is InChI=1S/C34H30N2O5/c1-4-35-22(3)31(27-13-9-10-14-30(27)35)34(29-20-15-23(32(37)38)21-28(29)33(39)41-34)36(24-11-7-6-8-12-24)25-16-18-26(19-17-25)40-5-2/h6-21H,4-5H2,1-3H3,(H,37,38). The second-order valence-electron chi connectivity index (χ2n) is 9.92. The number of rotatable bonds is 8. The molecule has 1 unspecified atom stereocenters. The summed E-state index contributed by atoms with van der Waals surface area (Å²) in [4.78, 5) is 27.7. The molecule has 1 aliphatic heterocycles. The van der Waals surface area contributed by atoms with E-state index in [9.17, 15) is 14.7 Å². The number of hydrogen-bond acceptors (Lipinski definition) is 5. The predicted octanol–water partition coefficient (Wildman–Crippen LogP) is 7.28. The van der Waals surface area contributed by atoms with Crippen LogP contribution in [0.25, 0.3) is 10.9 Å². The van der Waals surface area contributed by atoms with Crippen molar-refractivity contribution in [3.63, 3.8) is 0 Å². The number of anilines is 2. The zero-order valence-corrected chi connectivity index (χ0v) is 23.1. The molecular weight excluding hydrogens is 516 g/mol. The van der Waals surface area contributed by atoms with Crippen molar-refractivity contribution in [3.8, 4) is 5.75 Å². The van der Waals surface area contributed by atoms with Crippen molar-refractivity contribution in [2.24, 2.45) is 0 Å². The van der Waals surface area contributed by atoms with E-state index >= 15 is 0 Å². The minimum Gasteiger partial charge on any atom is -0.494 e. The molecule has 0 amide bonds. The van der Waals surface area contributed by atoms with Crippen LogP contribution in [0.2, 0.25) is 0 Å². The molecule has 2 heterocycles. The summed E-state index contributed by atoms with van der Waals surface area (Å²) in [5.74, 6) is -0.960. The van der Waals surface area contributed by atoms with Gasteiger partial charge in [0.2, 0.25) is 5.72 Å². The Kier molecular flexibility index (Phi) is 6.50. The first-order valence-electron chi connectivity index (χ1n) is 13.7. The molecule has 1 aliphatic rings. The van der Waals surface area contributed by atoms with Crippen molar-refractivity contribution in [1.29, 1.82) is 0 Å². The molecule has 0 saturated heterocycles. The normalized spacial score (nSPS) is 15.9. The lowest BCUT2D eigenvalue weighted by atomic mass is 9.87. The van der Waals surface area contributed by atoms with Crippen molar-refractivity contribution in [1.82, 2.24) is 4.57 Å². The van der Waals surface area contributed by atoms with E-state index in [0.717, 1.165) is 45.8 Å². The van der Waals surface area contributed by atoms with Crippen molar-refractivity contribution in [3.05, 3.63) is 125 Å². The first-order chi connectivity index (χ1) is 19.9. The first-order valence-corrected chi connectivity index (χ1v) is 13.7. The molecule has 1 aromatic heterocycles. The molecule has 0 saturated carbocycles. The third-order valence-electron chi connectivity index (χ3n) is 7.71. The second-order valence-corrected chi connectivity index (χ2v) is 9.92. The Morgan fingerprint density at radius 1 is 0.927 bits per heavy atom. The number of esters is 1. The minimum atomic E-state index is -1.44. The molecule has 1 N–H and O–H groups in total. The summed E-state index contributed by atoms with van der Waals surface area (Å²) in [7, 11) is 0. The van der Waals surface area contributed by atoms with Crippen LogP contribution in [0.15, 0.2) is 97.1 Å².